The van der Waals surface area contributed by atoms with Crippen LogP contribution in [-0.2, 0) is 13.0 Å². The summed E-state index contributed by atoms with van der Waals surface area (Å²) in [6.07, 6.45) is 14.0. The van der Waals surface area contributed by atoms with Crippen molar-refractivity contribution in [3.63, 3.8) is 0 Å². The summed E-state index contributed by atoms with van der Waals surface area (Å²) in [6.45, 7) is 10.0. The van der Waals surface area contributed by atoms with Gasteiger partial charge in [-0.2, -0.15) is 0 Å². The Morgan fingerprint density at radius 1 is 1.22 bits per heavy atom. The van der Waals surface area contributed by atoms with Crippen molar-refractivity contribution >= 4 is 17.5 Å². The molecular weight excluding hydrogens is 354 g/mol. The summed E-state index contributed by atoms with van der Waals surface area (Å²) < 4.78 is 1.87. The van der Waals surface area contributed by atoms with E-state index in [1.807, 2.05) is 18.4 Å². The zero-order chi connectivity index (χ0) is 19.6. The number of nitrogens with zero attached hydrogens (tertiary/aromatic N) is 2. The van der Waals surface area contributed by atoms with E-state index in [1.54, 1.807) is 11.8 Å². The van der Waals surface area contributed by atoms with Crippen LogP contribution in [0.5, 0.6) is 0 Å². The van der Waals surface area contributed by atoms with E-state index in [1.165, 1.54) is 25.7 Å². The van der Waals surface area contributed by atoms with Gasteiger partial charge in [0.25, 0.3) is 5.56 Å². The summed E-state index contributed by atoms with van der Waals surface area (Å²) in [6, 6.07) is 0. The lowest BCUT2D eigenvalue weighted by Gasteiger charge is -2.23. The van der Waals surface area contributed by atoms with E-state index in [9.17, 15) is 4.79 Å². The summed E-state index contributed by atoms with van der Waals surface area (Å²) in [5.41, 5.74) is 2.95. The van der Waals surface area contributed by atoms with Gasteiger partial charge in [-0.3, -0.25) is 9.36 Å². The molecule has 4 nitrogen and oxygen atoms in total. The first-order valence-electron chi connectivity index (χ1n) is 10.6. The zero-order valence-electron chi connectivity index (χ0n) is 17.4. The Balaban J connectivity index is 0.00000126. The Labute approximate surface area is 168 Å². The predicted octanol–water partition coefficient (Wildman–Crippen LogP) is 5.17. The minimum Gasteiger partial charge on any atom is -0.312 e. The SMILES string of the molecule is CC.CCCC(CCC)Sc1nc2c(c(=O)n1C1=CCCC=C1)CNCC2. The molecule has 0 saturated carbocycles. The van der Waals surface area contributed by atoms with E-state index in [0.717, 1.165) is 47.9 Å². The van der Waals surface area contributed by atoms with Gasteiger partial charge in [0.05, 0.1) is 11.3 Å². The summed E-state index contributed by atoms with van der Waals surface area (Å²) >= 11 is 1.80. The van der Waals surface area contributed by atoms with Gasteiger partial charge in [0.1, 0.15) is 0 Å². The van der Waals surface area contributed by atoms with Crippen LogP contribution in [0.2, 0.25) is 0 Å². The quantitative estimate of drug-likeness (QED) is 0.516. The summed E-state index contributed by atoms with van der Waals surface area (Å²) in [4.78, 5) is 18.2. The van der Waals surface area contributed by atoms with Crippen LogP contribution in [0.4, 0.5) is 0 Å². The first kappa shape index (κ1) is 22.0. The lowest BCUT2D eigenvalue weighted by Crippen LogP contribution is -2.35. The van der Waals surface area contributed by atoms with Gasteiger partial charge in [0.15, 0.2) is 5.16 Å². The molecule has 1 aliphatic carbocycles. The van der Waals surface area contributed by atoms with Crippen molar-refractivity contribution in [2.75, 3.05) is 6.54 Å². The molecule has 0 amide bonds. The lowest BCUT2D eigenvalue weighted by atomic mass is 10.1. The van der Waals surface area contributed by atoms with Gasteiger partial charge in [0, 0.05) is 30.5 Å². The summed E-state index contributed by atoms with van der Waals surface area (Å²) in [5, 5.41) is 4.73. The van der Waals surface area contributed by atoms with Crippen molar-refractivity contribution < 1.29 is 0 Å². The molecule has 0 saturated heterocycles. The van der Waals surface area contributed by atoms with E-state index in [0.29, 0.717) is 11.8 Å². The number of hydrogen-bond donors (Lipinski definition) is 1. The Morgan fingerprint density at radius 3 is 2.59 bits per heavy atom. The maximum Gasteiger partial charge on any atom is 0.263 e. The normalized spacial score (nSPS) is 15.8. The summed E-state index contributed by atoms with van der Waals surface area (Å²) in [5.74, 6) is 0. The highest BCUT2D eigenvalue weighted by Crippen LogP contribution is 2.30. The van der Waals surface area contributed by atoms with Crippen LogP contribution in [-0.4, -0.2) is 21.3 Å². The Bertz CT molecular complexity index is 715. The van der Waals surface area contributed by atoms with Gasteiger partial charge in [-0.1, -0.05) is 64.5 Å². The highest BCUT2D eigenvalue weighted by molar-refractivity contribution is 7.99. The molecule has 150 valence electrons. The van der Waals surface area contributed by atoms with Gasteiger partial charge in [-0.15, -0.1) is 0 Å². The fourth-order valence-corrected chi connectivity index (χ4v) is 4.97. The highest BCUT2D eigenvalue weighted by atomic mass is 32.2. The fraction of sp³-hybridized carbons (Fsp3) is 0.636. The molecule has 3 rings (SSSR count). The monoisotopic (exact) mass is 389 g/mol. The second kappa shape index (κ2) is 11.5. The van der Waals surface area contributed by atoms with Gasteiger partial charge in [-0.25, -0.2) is 4.98 Å². The third-order valence-corrected chi connectivity index (χ3v) is 6.09. The van der Waals surface area contributed by atoms with Crippen LogP contribution < -0.4 is 10.9 Å². The van der Waals surface area contributed by atoms with E-state index >= 15 is 0 Å². The average molecular weight is 390 g/mol. The van der Waals surface area contributed by atoms with Crippen molar-refractivity contribution in [2.45, 2.75) is 89.6 Å². The third kappa shape index (κ3) is 5.58. The molecule has 1 aromatic heterocycles. The molecule has 2 aliphatic rings. The third-order valence-electron chi connectivity index (χ3n) is 4.80. The minimum atomic E-state index is 0.115. The number of aromatic nitrogens is 2. The molecular formula is C22H35N3OS. The maximum absolute atomic E-state index is 13.2. The Hall–Kier alpha value is -1.33. The van der Waals surface area contributed by atoms with Crippen molar-refractivity contribution in [1.29, 1.82) is 0 Å². The first-order valence-corrected chi connectivity index (χ1v) is 11.5. The van der Waals surface area contributed by atoms with Crippen molar-refractivity contribution in [2.24, 2.45) is 0 Å². The molecule has 0 spiro atoms. The second-order valence-corrected chi connectivity index (χ2v) is 8.08. The smallest absolute Gasteiger partial charge is 0.263 e. The molecule has 1 aliphatic heterocycles. The van der Waals surface area contributed by atoms with Crippen molar-refractivity contribution in [3.8, 4) is 0 Å². The largest absolute Gasteiger partial charge is 0.312 e. The molecule has 0 bridgehead atoms. The van der Waals surface area contributed by atoms with Crippen LogP contribution in [0.1, 0.15) is 77.5 Å². The molecule has 1 N–H and O–H groups in total. The Morgan fingerprint density at radius 2 is 1.96 bits per heavy atom. The predicted molar refractivity (Wildman–Crippen MR) is 117 cm³/mol. The summed E-state index contributed by atoms with van der Waals surface area (Å²) in [7, 11) is 0. The van der Waals surface area contributed by atoms with Crippen LogP contribution in [0.3, 0.4) is 0 Å². The van der Waals surface area contributed by atoms with Crippen LogP contribution >= 0.6 is 11.8 Å². The number of hydrogen-bond acceptors (Lipinski definition) is 4. The minimum absolute atomic E-state index is 0.115. The zero-order valence-corrected chi connectivity index (χ0v) is 18.2. The number of fused-ring (bicyclic) bond motifs is 1. The lowest BCUT2D eigenvalue weighted by molar-refractivity contribution is 0.595. The standard InChI is InChI=1S/C20H29N3OS.C2H6/c1-3-8-16(9-4-2)25-20-22-18-12-13-21-14-17(18)19(24)23(20)15-10-6-5-7-11-15;1-2/h6,10-11,16,21H,3-5,7-9,12-14H2,1-2H3;1-2H3. The van der Waals surface area contributed by atoms with Gasteiger partial charge >= 0.3 is 0 Å². The molecule has 0 unspecified atom stereocenters. The molecule has 0 atom stereocenters. The molecule has 0 fully saturated rings. The van der Waals surface area contributed by atoms with Crippen LogP contribution in [0.15, 0.2) is 28.2 Å². The Kier molecular flexibility index (Phi) is 9.35. The van der Waals surface area contributed by atoms with E-state index in [-0.39, 0.29) is 5.56 Å². The maximum atomic E-state index is 13.2. The molecule has 0 aromatic carbocycles. The number of thioether (sulfide) groups is 1. The fourth-order valence-electron chi connectivity index (χ4n) is 3.51. The number of nitrogens with one attached hydrogen (secondary N) is 1. The van der Waals surface area contributed by atoms with E-state index in [4.69, 9.17) is 4.98 Å². The topological polar surface area (TPSA) is 46.9 Å². The number of rotatable bonds is 7. The average Bonchev–Trinajstić information content (AvgIpc) is 2.71. The van der Waals surface area contributed by atoms with E-state index in [2.05, 4.69) is 37.4 Å². The highest BCUT2D eigenvalue weighted by Gasteiger charge is 2.22. The van der Waals surface area contributed by atoms with Gasteiger partial charge in [-0.05, 0) is 31.8 Å². The van der Waals surface area contributed by atoms with Gasteiger partial charge in [0.2, 0.25) is 0 Å². The van der Waals surface area contributed by atoms with Gasteiger partial charge < -0.3 is 5.32 Å². The molecule has 5 heteroatoms. The molecule has 1 aromatic rings. The second-order valence-electron chi connectivity index (χ2n) is 6.81. The molecule has 0 radical (unpaired) electrons. The first-order chi connectivity index (χ1) is 13.2. The van der Waals surface area contributed by atoms with E-state index < -0.39 is 0 Å². The number of allylic oxidation sites excluding steroid dienone is 4. The molecule has 27 heavy (non-hydrogen) atoms. The van der Waals surface area contributed by atoms with Crippen molar-refractivity contribution in [3.05, 3.63) is 39.8 Å². The van der Waals surface area contributed by atoms with Crippen molar-refractivity contribution in [1.82, 2.24) is 14.9 Å². The van der Waals surface area contributed by atoms with Crippen LogP contribution in [0, 0.1) is 0 Å². The molecule has 2 heterocycles. The van der Waals surface area contributed by atoms with Crippen LogP contribution in [0.25, 0.3) is 5.70 Å².